The molecule has 20 heavy (non-hydrogen) atoms. The number of aliphatic hydroxyl groups excluding tert-OH is 1. The van der Waals surface area contributed by atoms with E-state index in [1.165, 1.54) is 12.8 Å². The van der Waals surface area contributed by atoms with Crippen LogP contribution < -0.4 is 10.6 Å². The second kappa shape index (κ2) is 6.31. The van der Waals surface area contributed by atoms with Gasteiger partial charge in [0.25, 0.3) is 0 Å². The molecule has 5 nitrogen and oxygen atoms in total. The summed E-state index contributed by atoms with van der Waals surface area (Å²) in [7, 11) is 0. The molecule has 5 heteroatoms. The lowest BCUT2D eigenvalue weighted by Gasteiger charge is -2.31. The van der Waals surface area contributed by atoms with Crippen molar-refractivity contribution in [3.8, 4) is 0 Å². The van der Waals surface area contributed by atoms with Gasteiger partial charge in [-0.1, -0.05) is 12.8 Å². The predicted octanol–water partition coefficient (Wildman–Crippen LogP) is 1.40. The number of hydrogen-bond donors (Lipinski definition) is 3. The van der Waals surface area contributed by atoms with Crippen molar-refractivity contribution in [2.24, 2.45) is 11.8 Å². The smallest absolute Gasteiger partial charge is 0.315 e. The second-order valence-corrected chi connectivity index (χ2v) is 6.52. The van der Waals surface area contributed by atoms with E-state index in [-0.39, 0.29) is 36.7 Å². The Hall–Kier alpha value is -0.810. The van der Waals surface area contributed by atoms with Gasteiger partial charge in [-0.05, 0) is 38.0 Å². The predicted molar refractivity (Wildman–Crippen MR) is 75.4 cm³/mol. The van der Waals surface area contributed by atoms with Crippen LogP contribution in [0, 0.1) is 11.8 Å². The Labute approximate surface area is 120 Å². The van der Waals surface area contributed by atoms with Crippen molar-refractivity contribution in [1.82, 2.24) is 10.6 Å². The molecule has 3 aliphatic rings. The van der Waals surface area contributed by atoms with E-state index >= 15 is 0 Å². The third-order valence-electron chi connectivity index (χ3n) is 5.00. The molecule has 1 saturated heterocycles. The maximum atomic E-state index is 12.2. The molecule has 0 spiro atoms. The highest BCUT2D eigenvalue weighted by atomic mass is 16.5. The summed E-state index contributed by atoms with van der Waals surface area (Å²) in [6.45, 7) is 0.928. The van der Waals surface area contributed by atoms with Gasteiger partial charge in [0.05, 0.1) is 12.1 Å². The van der Waals surface area contributed by atoms with Gasteiger partial charge < -0.3 is 20.5 Å². The fourth-order valence-corrected chi connectivity index (χ4v) is 3.65. The third-order valence-corrected chi connectivity index (χ3v) is 5.00. The average Bonchev–Trinajstić information content (AvgIpc) is 3.20. The van der Waals surface area contributed by atoms with Gasteiger partial charge in [-0.2, -0.15) is 0 Å². The highest BCUT2D eigenvalue weighted by molar-refractivity contribution is 5.74. The summed E-state index contributed by atoms with van der Waals surface area (Å²) in [5.41, 5.74) is 0. The number of hydrogen-bond acceptors (Lipinski definition) is 3. The van der Waals surface area contributed by atoms with E-state index in [2.05, 4.69) is 10.6 Å². The lowest BCUT2D eigenvalue weighted by atomic mass is 9.85. The normalized spacial score (nSPS) is 37.6. The van der Waals surface area contributed by atoms with E-state index in [0.717, 1.165) is 38.7 Å². The summed E-state index contributed by atoms with van der Waals surface area (Å²) in [4.78, 5) is 12.2. The molecule has 2 amide bonds. The molecule has 0 radical (unpaired) electrons. The zero-order valence-electron chi connectivity index (χ0n) is 12.0. The van der Waals surface area contributed by atoms with E-state index in [0.29, 0.717) is 5.92 Å². The zero-order valence-corrected chi connectivity index (χ0v) is 12.0. The molecular weight excluding hydrogens is 256 g/mol. The van der Waals surface area contributed by atoms with Crippen LogP contribution in [0.15, 0.2) is 0 Å². The number of carbonyl (C=O) groups excluding carboxylic acids is 1. The SMILES string of the molecule is O=C(N[C@H]1CCO[C@@H]1C1CC1)N[C@@H]1CCCC[C@@H]1CO. The van der Waals surface area contributed by atoms with Crippen LogP contribution in [0.4, 0.5) is 4.79 Å². The second-order valence-electron chi connectivity index (χ2n) is 6.52. The van der Waals surface area contributed by atoms with Crippen molar-refractivity contribution >= 4 is 6.03 Å². The van der Waals surface area contributed by atoms with Gasteiger partial charge >= 0.3 is 6.03 Å². The Bertz CT molecular complexity index is 340. The van der Waals surface area contributed by atoms with Crippen LogP contribution in [0.2, 0.25) is 0 Å². The summed E-state index contributed by atoms with van der Waals surface area (Å²) in [5.74, 6) is 0.872. The summed E-state index contributed by atoms with van der Waals surface area (Å²) < 4.78 is 5.74. The first-order chi connectivity index (χ1) is 9.78. The fourth-order valence-electron chi connectivity index (χ4n) is 3.65. The van der Waals surface area contributed by atoms with Gasteiger partial charge in [0.15, 0.2) is 0 Å². The third kappa shape index (κ3) is 3.26. The first kappa shape index (κ1) is 14.1. The minimum Gasteiger partial charge on any atom is -0.396 e. The molecule has 2 aliphatic carbocycles. The maximum absolute atomic E-state index is 12.2. The number of ether oxygens (including phenoxy) is 1. The molecule has 3 rings (SSSR count). The summed E-state index contributed by atoms with van der Waals surface area (Å²) in [5, 5.41) is 15.5. The number of nitrogens with one attached hydrogen (secondary N) is 2. The molecule has 0 aromatic carbocycles. The van der Waals surface area contributed by atoms with Gasteiger partial charge in [0.1, 0.15) is 0 Å². The van der Waals surface area contributed by atoms with Crippen molar-refractivity contribution in [3.63, 3.8) is 0 Å². The number of rotatable bonds is 4. The van der Waals surface area contributed by atoms with Gasteiger partial charge in [-0.3, -0.25) is 0 Å². The van der Waals surface area contributed by atoms with Gasteiger partial charge in [0, 0.05) is 25.2 Å². The molecule has 0 bridgehead atoms. The van der Waals surface area contributed by atoms with Crippen molar-refractivity contribution in [2.45, 2.75) is 63.1 Å². The fraction of sp³-hybridized carbons (Fsp3) is 0.933. The molecule has 1 heterocycles. The van der Waals surface area contributed by atoms with Crippen LogP contribution in [0.3, 0.4) is 0 Å². The Morgan fingerprint density at radius 1 is 1.05 bits per heavy atom. The molecule has 0 aromatic heterocycles. The lowest BCUT2D eigenvalue weighted by Crippen LogP contribution is -2.52. The molecule has 2 saturated carbocycles. The van der Waals surface area contributed by atoms with Crippen molar-refractivity contribution in [2.75, 3.05) is 13.2 Å². The summed E-state index contributed by atoms with van der Waals surface area (Å²) >= 11 is 0. The van der Waals surface area contributed by atoms with Gasteiger partial charge in [0.2, 0.25) is 0 Å². The minimum atomic E-state index is -0.0866. The van der Waals surface area contributed by atoms with Crippen LogP contribution in [-0.4, -0.2) is 42.5 Å². The van der Waals surface area contributed by atoms with Crippen LogP contribution in [-0.2, 0) is 4.74 Å². The number of aliphatic hydroxyl groups is 1. The molecule has 3 N–H and O–H groups in total. The molecule has 4 atom stereocenters. The number of carbonyl (C=O) groups is 1. The van der Waals surface area contributed by atoms with E-state index in [4.69, 9.17) is 4.74 Å². The first-order valence-electron chi connectivity index (χ1n) is 8.07. The summed E-state index contributed by atoms with van der Waals surface area (Å²) in [6, 6.07) is 0.200. The monoisotopic (exact) mass is 282 g/mol. The molecule has 3 fully saturated rings. The van der Waals surface area contributed by atoms with Crippen LogP contribution in [0.5, 0.6) is 0 Å². The van der Waals surface area contributed by atoms with E-state index in [1.54, 1.807) is 0 Å². The van der Waals surface area contributed by atoms with Crippen LogP contribution in [0.1, 0.15) is 44.9 Å². The van der Waals surface area contributed by atoms with Gasteiger partial charge in [-0.15, -0.1) is 0 Å². The van der Waals surface area contributed by atoms with Crippen molar-refractivity contribution in [3.05, 3.63) is 0 Å². The first-order valence-corrected chi connectivity index (χ1v) is 8.07. The zero-order chi connectivity index (χ0) is 13.9. The minimum absolute atomic E-state index is 0.0866. The van der Waals surface area contributed by atoms with E-state index in [9.17, 15) is 9.90 Å². The quantitative estimate of drug-likeness (QED) is 0.730. The van der Waals surface area contributed by atoms with Crippen molar-refractivity contribution in [1.29, 1.82) is 0 Å². The summed E-state index contributed by atoms with van der Waals surface area (Å²) in [6.07, 6.45) is 7.90. The Morgan fingerprint density at radius 3 is 2.55 bits per heavy atom. The van der Waals surface area contributed by atoms with E-state index in [1.807, 2.05) is 0 Å². The van der Waals surface area contributed by atoms with E-state index < -0.39 is 0 Å². The molecular formula is C15H26N2O3. The average molecular weight is 282 g/mol. The highest BCUT2D eigenvalue weighted by Crippen LogP contribution is 2.38. The van der Waals surface area contributed by atoms with Gasteiger partial charge in [-0.25, -0.2) is 4.79 Å². The van der Waals surface area contributed by atoms with Crippen LogP contribution >= 0.6 is 0 Å². The Balaban J connectivity index is 1.48. The molecule has 0 unspecified atom stereocenters. The Kier molecular flexibility index (Phi) is 4.46. The van der Waals surface area contributed by atoms with Crippen molar-refractivity contribution < 1.29 is 14.6 Å². The number of amides is 2. The molecule has 114 valence electrons. The highest BCUT2D eigenvalue weighted by Gasteiger charge is 2.41. The molecule has 1 aliphatic heterocycles. The Morgan fingerprint density at radius 2 is 1.80 bits per heavy atom. The largest absolute Gasteiger partial charge is 0.396 e. The standard InChI is InChI=1S/C15H26N2O3/c18-9-11-3-1-2-4-12(11)16-15(19)17-13-7-8-20-14(13)10-5-6-10/h10-14,18H,1-9H2,(H2,16,17,19)/t11-,12-,13+,14-/m1/s1. The molecule has 0 aromatic rings. The lowest BCUT2D eigenvalue weighted by molar-refractivity contribution is 0.0820. The number of urea groups is 1. The van der Waals surface area contributed by atoms with Crippen LogP contribution in [0.25, 0.3) is 0 Å². The maximum Gasteiger partial charge on any atom is 0.315 e. The topological polar surface area (TPSA) is 70.6 Å².